The second-order valence-corrected chi connectivity index (χ2v) is 5.78. The monoisotopic (exact) mass is 345 g/mol. The van der Waals surface area contributed by atoms with E-state index in [1.54, 1.807) is 18.0 Å². The van der Waals surface area contributed by atoms with Crippen molar-refractivity contribution in [3.8, 4) is 0 Å². The number of carbonyl (C=O) groups excluding carboxylic acids is 2. The molecule has 2 aromatic heterocycles. The molecule has 0 unspecified atom stereocenters. The number of anilines is 1. The van der Waals surface area contributed by atoms with Crippen molar-refractivity contribution < 1.29 is 14.0 Å². The van der Waals surface area contributed by atoms with E-state index in [0.717, 1.165) is 12.8 Å². The van der Waals surface area contributed by atoms with Crippen LogP contribution in [-0.2, 0) is 7.05 Å². The highest BCUT2D eigenvalue weighted by Gasteiger charge is 2.18. The van der Waals surface area contributed by atoms with Crippen molar-refractivity contribution in [2.45, 2.75) is 26.7 Å². The minimum Gasteiger partial charge on any atom is -0.459 e. The summed E-state index contributed by atoms with van der Waals surface area (Å²) in [5, 5.41) is 2.51. The van der Waals surface area contributed by atoms with E-state index in [0.29, 0.717) is 18.7 Å². The molecule has 7 heteroatoms. The summed E-state index contributed by atoms with van der Waals surface area (Å²) in [6, 6.07) is 4.50. The van der Waals surface area contributed by atoms with Crippen LogP contribution in [0.15, 0.2) is 39.9 Å². The largest absolute Gasteiger partial charge is 0.459 e. The number of nitrogens with one attached hydrogen (secondary N) is 1. The van der Waals surface area contributed by atoms with Gasteiger partial charge in [-0.3, -0.25) is 14.4 Å². The molecule has 0 saturated carbocycles. The van der Waals surface area contributed by atoms with Crippen LogP contribution in [0.2, 0.25) is 0 Å². The smallest absolute Gasteiger partial charge is 0.291 e. The minimum absolute atomic E-state index is 0.0442. The van der Waals surface area contributed by atoms with Crippen LogP contribution >= 0.6 is 0 Å². The second-order valence-electron chi connectivity index (χ2n) is 5.78. The van der Waals surface area contributed by atoms with E-state index in [-0.39, 0.29) is 17.4 Å². The van der Waals surface area contributed by atoms with Crippen LogP contribution in [0.1, 0.15) is 47.6 Å². The Hall–Kier alpha value is -2.83. The molecule has 0 aliphatic carbocycles. The van der Waals surface area contributed by atoms with Crippen LogP contribution in [0.5, 0.6) is 0 Å². The summed E-state index contributed by atoms with van der Waals surface area (Å²) in [5.41, 5.74) is 0.00966. The molecule has 7 nitrogen and oxygen atoms in total. The summed E-state index contributed by atoms with van der Waals surface area (Å²) in [7, 11) is 1.55. The zero-order valence-corrected chi connectivity index (χ0v) is 14.7. The van der Waals surface area contributed by atoms with Crippen LogP contribution in [-0.4, -0.2) is 34.4 Å². The van der Waals surface area contributed by atoms with Crippen LogP contribution in [0.3, 0.4) is 0 Å². The average molecular weight is 345 g/mol. The predicted molar refractivity (Wildman–Crippen MR) is 94.8 cm³/mol. The van der Waals surface area contributed by atoms with Crippen molar-refractivity contribution in [3.05, 3.63) is 52.3 Å². The van der Waals surface area contributed by atoms with Crippen molar-refractivity contribution in [3.63, 3.8) is 0 Å². The highest BCUT2D eigenvalue weighted by molar-refractivity contribution is 6.03. The van der Waals surface area contributed by atoms with Gasteiger partial charge in [-0.2, -0.15) is 0 Å². The van der Waals surface area contributed by atoms with E-state index >= 15 is 0 Å². The third kappa shape index (κ3) is 4.37. The van der Waals surface area contributed by atoms with Crippen molar-refractivity contribution in [2.75, 3.05) is 18.4 Å². The zero-order chi connectivity index (χ0) is 18.4. The summed E-state index contributed by atoms with van der Waals surface area (Å²) >= 11 is 0. The number of furan rings is 1. The molecule has 0 fully saturated rings. The van der Waals surface area contributed by atoms with Gasteiger partial charge in [-0.1, -0.05) is 13.8 Å². The Morgan fingerprint density at radius 3 is 2.48 bits per heavy atom. The number of nitrogens with zero attached hydrogens (tertiary/aromatic N) is 2. The van der Waals surface area contributed by atoms with Crippen molar-refractivity contribution in [1.82, 2.24) is 9.47 Å². The maximum atomic E-state index is 12.7. The number of amides is 2. The SMILES string of the molecule is CCCN(CCC)C(=O)c1cc(NC(=O)c2ccco2)c(=O)n(C)c1. The highest BCUT2D eigenvalue weighted by Crippen LogP contribution is 2.11. The lowest BCUT2D eigenvalue weighted by Crippen LogP contribution is -2.34. The molecule has 2 amide bonds. The van der Waals surface area contributed by atoms with Crippen molar-refractivity contribution in [2.24, 2.45) is 7.05 Å². The maximum Gasteiger partial charge on any atom is 0.291 e. The number of aryl methyl sites for hydroxylation is 1. The number of carbonyl (C=O) groups is 2. The number of aromatic nitrogens is 1. The molecule has 134 valence electrons. The Kier molecular flexibility index (Phi) is 6.16. The summed E-state index contributed by atoms with van der Waals surface area (Å²) in [6.45, 7) is 5.30. The molecule has 2 rings (SSSR count). The standard InChI is InChI=1S/C18H23N3O4/c1-4-8-21(9-5-2)17(23)13-11-14(18(24)20(3)12-13)19-16(22)15-7-6-10-25-15/h6-7,10-12H,4-5,8-9H2,1-3H3,(H,19,22). The first-order valence-corrected chi connectivity index (χ1v) is 8.32. The first-order chi connectivity index (χ1) is 12.0. The van der Waals surface area contributed by atoms with Gasteiger partial charge in [-0.25, -0.2) is 0 Å². The molecule has 2 aromatic rings. The van der Waals surface area contributed by atoms with Crippen molar-refractivity contribution >= 4 is 17.5 Å². The van der Waals surface area contributed by atoms with Gasteiger partial charge in [0.2, 0.25) is 0 Å². The van der Waals surface area contributed by atoms with Crippen LogP contribution < -0.4 is 10.9 Å². The zero-order valence-electron chi connectivity index (χ0n) is 14.7. The molecule has 0 spiro atoms. The van der Waals surface area contributed by atoms with Gasteiger partial charge in [0.1, 0.15) is 5.69 Å². The van der Waals surface area contributed by atoms with Crippen LogP contribution in [0.4, 0.5) is 5.69 Å². The third-order valence-corrected chi connectivity index (χ3v) is 3.70. The number of rotatable bonds is 7. The van der Waals surface area contributed by atoms with Gasteiger partial charge in [0.15, 0.2) is 5.76 Å². The molecular weight excluding hydrogens is 322 g/mol. The van der Waals surface area contributed by atoms with Gasteiger partial charge < -0.3 is 19.2 Å². The fourth-order valence-corrected chi connectivity index (χ4v) is 2.55. The molecule has 0 aliphatic rings. The molecule has 0 aromatic carbocycles. The number of pyridine rings is 1. The van der Waals surface area contributed by atoms with Gasteiger partial charge in [0.25, 0.3) is 17.4 Å². The third-order valence-electron chi connectivity index (χ3n) is 3.70. The van der Waals surface area contributed by atoms with Gasteiger partial charge in [-0.05, 0) is 31.0 Å². The first-order valence-electron chi connectivity index (χ1n) is 8.32. The van der Waals surface area contributed by atoms with Gasteiger partial charge >= 0.3 is 0 Å². The average Bonchev–Trinajstić information content (AvgIpc) is 3.12. The first kappa shape index (κ1) is 18.5. The van der Waals surface area contributed by atoms with Gasteiger partial charge in [0.05, 0.1) is 11.8 Å². The highest BCUT2D eigenvalue weighted by atomic mass is 16.3. The van der Waals surface area contributed by atoms with E-state index in [2.05, 4.69) is 5.32 Å². The Balaban J connectivity index is 2.31. The number of hydrogen-bond acceptors (Lipinski definition) is 4. The van der Waals surface area contributed by atoms with E-state index in [4.69, 9.17) is 4.42 Å². The normalized spacial score (nSPS) is 10.5. The van der Waals surface area contributed by atoms with Gasteiger partial charge in [0, 0.05) is 26.3 Å². The lowest BCUT2D eigenvalue weighted by Gasteiger charge is -2.22. The second kappa shape index (κ2) is 8.32. The predicted octanol–water partition coefficient (Wildman–Crippen LogP) is 2.49. The Morgan fingerprint density at radius 2 is 1.92 bits per heavy atom. The molecule has 0 aliphatic heterocycles. The molecule has 0 saturated heterocycles. The summed E-state index contributed by atoms with van der Waals surface area (Å²) < 4.78 is 6.31. The van der Waals surface area contributed by atoms with Gasteiger partial charge in [-0.15, -0.1) is 0 Å². The van der Waals surface area contributed by atoms with E-state index in [1.165, 1.54) is 29.2 Å². The number of hydrogen-bond donors (Lipinski definition) is 1. The summed E-state index contributed by atoms with van der Waals surface area (Å²) in [6.07, 6.45) is 4.56. The molecule has 25 heavy (non-hydrogen) atoms. The lowest BCUT2D eigenvalue weighted by molar-refractivity contribution is 0.0754. The topological polar surface area (TPSA) is 84.6 Å². The summed E-state index contributed by atoms with van der Waals surface area (Å²) in [4.78, 5) is 38.9. The quantitative estimate of drug-likeness (QED) is 0.835. The molecule has 1 N–H and O–H groups in total. The fourth-order valence-electron chi connectivity index (χ4n) is 2.55. The molecular formula is C18H23N3O4. The van der Waals surface area contributed by atoms with Crippen LogP contribution in [0, 0.1) is 0 Å². The fraction of sp³-hybridized carbons (Fsp3) is 0.389. The Labute approximate surface area is 146 Å². The van der Waals surface area contributed by atoms with Crippen LogP contribution in [0.25, 0.3) is 0 Å². The Bertz CT molecular complexity index is 787. The lowest BCUT2D eigenvalue weighted by atomic mass is 10.2. The molecule has 0 bridgehead atoms. The molecule has 0 atom stereocenters. The molecule has 0 radical (unpaired) electrons. The minimum atomic E-state index is -0.536. The van der Waals surface area contributed by atoms with E-state index in [9.17, 15) is 14.4 Å². The Morgan fingerprint density at radius 1 is 1.24 bits per heavy atom. The maximum absolute atomic E-state index is 12.7. The molecule has 2 heterocycles. The van der Waals surface area contributed by atoms with Crippen molar-refractivity contribution in [1.29, 1.82) is 0 Å². The van der Waals surface area contributed by atoms with E-state index in [1.807, 2.05) is 13.8 Å². The van der Waals surface area contributed by atoms with E-state index < -0.39 is 11.5 Å². The summed E-state index contributed by atoms with van der Waals surface area (Å²) in [5.74, 6) is -0.601.